The molecule has 0 unspecified atom stereocenters. The zero-order valence-electron chi connectivity index (χ0n) is 8.86. The quantitative estimate of drug-likeness (QED) is 0.675. The molecule has 0 saturated heterocycles. The van der Waals surface area contributed by atoms with E-state index in [-0.39, 0.29) is 6.01 Å². The summed E-state index contributed by atoms with van der Waals surface area (Å²) in [5, 5.41) is 8.68. The number of nitriles is 1. The minimum Gasteiger partial charge on any atom is -0.463 e. The van der Waals surface area contributed by atoms with Gasteiger partial charge in [0.1, 0.15) is 11.8 Å². The highest BCUT2D eigenvalue weighted by atomic mass is 16.5. The van der Waals surface area contributed by atoms with Gasteiger partial charge in [-0.3, -0.25) is 0 Å². The largest absolute Gasteiger partial charge is 0.463 e. The Bertz CT molecular complexity index is 360. The Hall–Kier alpha value is -1.67. The van der Waals surface area contributed by atoms with Gasteiger partial charge in [-0.1, -0.05) is 0 Å². The summed E-state index contributed by atoms with van der Waals surface area (Å²) >= 11 is 0. The van der Waals surface area contributed by atoms with E-state index >= 15 is 0 Å². The molecule has 0 fully saturated rings. The van der Waals surface area contributed by atoms with Crippen LogP contribution in [0.4, 0.5) is 0 Å². The molecule has 5 heteroatoms. The fourth-order valence-electron chi connectivity index (χ4n) is 1.03. The van der Waals surface area contributed by atoms with Crippen LogP contribution in [-0.4, -0.2) is 30.3 Å². The summed E-state index contributed by atoms with van der Waals surface area (Å²) in [7, 11) is 1.64. The van der Waals surface area contributed by atoms with E-state index in [4.69, 9.17) is 14.7 Å². The second-order valence-corrected chi connectivity index (χ2v) is 2.98. The Morgan fingerprint density at radius 1 is 1.40 bits per heavy atom. The van der Waals surface area contributed by atoms with Gasteiger partial charge in [0.25, 0.3) is 0 Å². The maximum Gasteiger partial charge on any atom is 0.317 e. The zero-order valence-corrected chi connectivity index (χ0v) is 8.86. The molecule has 0 aromatic carbocycles. The van der Waals surface area contributed by atoms with Gasteiger partial charge in [0.15, 0.2) is 0 Å². The third kappa shape index (κ3) is 3.92. The Kier molecular flexibility index (Phi) is 4.51. The van der Waals surface area contributed by atoms with E-state index in [2.05, 4.69) is 9.97 Å². The number of hydrogen-bond acceptors (Lipinski definition) is 5. The van der Waals surface area contributed by atoms with E-state index in [0.717, 1.165) is 12.1 Å². The van der Waals surface area contributed by atoms with Crippen molar-refractivity contribution in [3.63, 3.8) is 0 Å². The van der Waals surface area contributed by atoms with Crippen LogP contribution in [0, 0.1) is 18.3 Å². The summed E-state index contributed by atoms with van der Waals surface area (Å²) < 4.78 is 10.2. The van der Waals surface area contributed by atoms with Gasteiger partial charge in [-0.25, -0.2) is 4.98 Å². The SMILES string of the molecule is COCCCOc1nc(C)cc(C#N)n1. The molecule has 0 amide bonds. The third-order valence-electron chi connectivity index (χ3n) is 1.67. The molecule has 0 saturated carbocycles. The molecule has 0 radical (unpaired) electrons. The van der Waals surface area contributed by atoms with Gasteiger partial charge in [-0.05, 0) is 13.0 Å². The van der Waals surface area contributed by atoms with Gasteiger partial charge < -0.3 is 9.47 Å². The lowest BCUT2D eigenvalue weighted by molar-refractivity contribution is 0.168. The lowest BCUT2D eigenvalue weighted by Gasteiger charge is -2.04. The number of aromatic nitrogens is 2. The van der Waals surface area contributed by atoms with Crippen LogP contribution in [0.15, 0.2) is 6.07 Å². The van der Waals surface area contributed by atoms with E-state index in [1.54, 1.807) is 20.1 Å². The lowest BCUT2D eigenvalue weighted by atomic mass is 10.3. The van der Waals surface area contributed by atoms with Gasteiger partial charge >= 0.3 is 6.01 Å². The van der Waals surface area contributed by atoms with Crippen LogP contribution in [0.5, 0.6) is 6.01 Å². The summed E-state index contributed by atoms with van der Waals surface area (Å²) in [5.74, 6) is 0. The smallest absolute Gasteiger partial charge is 0.317 e. The fourth-order valence-corrected chi connectivity index (χ4v) is 1.03. The Morgan fingerprint density at radius 3 is 2.87 bits per heavy atom. The van der Waals surface area contributed by atoms with Gasteiger partial charge in [-0.2, -0.15) is 10.2 Å². The molecule has 15 heavy (non-hydrogen) atoms. The first-order valence-corrected chi connectivity index (χ1v) is 4.64. The normalized spacial score (nSPS) is 9.67. The second-order valence-electron chi connectivity index (χ2n) is 2.98. The number of methoxy groups -OCH3 is 1. The maximum absolute atomic E-state index is 8.68. The van der Waals surface area contributed by atoms with Crippen LogP contribution in [0.1, 0.15) is 17.8 Å². The first kappa shape index (κ1) is 11.4. The summed E-state index contributed by atoms with van der Waals surface area (Å²) in [5.41, 5.74) is 1.05. The van der Waals surface area contributed by atoms with Gasteiger partial charge in [0, 0.05) is 25.8 Å². The van der Waals surface area contributed by atoms with Crippen molar-refractivity contribution in [1.29, 1.82) is 5.26 Å². The summed E-state index contributed by atoms with van der Waals surface area (Å²) in [6.07, 6.45) is 0.774. The van der Waals surface area contributed by atoms with Gasteiger partial charge in [0.2, 0.25) is 0 Å². The molecule has 1 rings (SSSR count). The van der Waals surface area contributed by atoms with Crippen LogP contribution >= 0.6 is 0 Å². The van der Waals surface area contributed by atoms with Gasteiger partial charge in [-0.15, -0.1) is 0 Å². The van der Waals surface area contributed by atoms with Crippen molar-refractivity contribution >= 4 is 0 Å². The average molecular weight is 207 g/mol. The molecule has 0 spiro atoms. The summed E-state index contributed by atoms with van der Waals surface area (Å²) in [6.45, 7) is 2.92. The molecule has 0 aliphatic heterocycles. The van der Waals surface area contributed by atoms with Crippen LogP contribution < -0.4 is 4.74 Å². The van der Waals surface area contributed by atoms with Crippen molar-refractivity contribution in [3.8, 4) is 12.1 Å². The van der Waals surface area contributed by atoms with E-state index in [1.807, 2.05) is 6.07 Å². The zero-order chi connectivity index (χ0) is 11.1. The number of rotatable bonds is 5. The molecule has 1 aromatic heterocycles. The molecule has 80 valence electrons. The van der Waals surface area contributed by atoms with Crippen LogP contribution in [0.25, 0.3) is 0 Å². The van der Waals surface area contributed by atoms with Crippen molar-refractivity contribution in [3.05, 3.63) is 17.5 Å². The molecule has 0 aliphatic rings. The van der Waals surface area contributed by atoms with Crippen molar-refractivity contribution in [1.82, 2.24) is 9.97 Å². The first-order valence-electron chi connectivity index (χ1n) is 4.64. The third-order valence-corrected chi connectivity index (χ3v) is 1.67. The fraction of sp³-hybridized carbons (Fsp3) is 0.500. The van der Waals surface area contributed by atoms with Crippen LogP contribution in [-0.2, 0) is 4.74 Å². The van der Waals surface area contributed by atoms with E-state index in [1.165, 1.54) is 0 Å². The highest BCUT2D eigenvalue weighted by molar-refractivity contribution is 5.23. The van der Waals surface area contributed by atoms with Crippen LogP contribution in [0.2, 0.25) is 0 Å². The molecule has 1 aromatic rings. The number of hydrogen-bond donors (Lipinski definition) is 0. The second kappa shape index (κ2) is 5.94. The topological polar surface area (TPSA) is 68.0 Å². The number of aryl methyl sites for hydroxylation is 1. The lowest BCUT2D eigenvalue weighted by Crippen LogP contribution is -2.05. The summed E-state index contributed by atoms with van der Waals surface area (Å²) in [4.78, 5) is 7.97. The Balaban J connectivity index is 2.54. The highest BCUT2D eigenvalue weighted by Crippen LogP contribution is 2.06. The monoisotopic (exact) mass is 207 g/mol. The van der Waals surface area contributed by atoms with Crippen molar-refractivity contribution in [2.45, 2.75) is 13.3 Å². The van der Waals surface area contributed by atoms with E-state index in [9.17, 15) is 0 Å². The van der Waals surface area contributed by atoms with Crippen molar-refractivity contribution < 1.29 is 9.47 Å². The molecule has 0 aliphatic carbocycles. The average Bonchev–Trinajstić information content (AvgIpc) is 2.23. The highest BCUT2D eigenvalue weighted by Gasteiger charge is 2.02. The van der Waals surface area contributed by atoms with Gasteiger partial charge in [0.05, 0.1) is 6.61 Å². The minimum absolute atomic E-state index is 0.252. The number of nitrogens with zero attached hydrogens (tertiary/aromatic N) is 3. The van der Waals surface area contributed by atoms with Crippen molar-refractivity contribution in [2.24, 2.45) is 0 Å². The van der Waals surface area contributed by atoms with E-state index < -0.39 is 0 Å². The molecule has 0 N–H and O–H groups in total. The van der Waals surface area contributed by atoms with Crippen molar-refractivity contribution in [2.75, 3.05) is 20.3 Å². The number of ether oxygens (including phenoxy) is 2. The summed E-state index contributed by atoms with van der Waals surface area (Å²) in [6, 6.07) is 3.82. The molecule has 1 heterocycles. The Labute approximate surface area is 88.7 Å². The molecule has 0 atom stereocenters. The predicted octanol–water partition coefficient (Wildman–Crippen LogP) is 1.07. The van der Waals surface area contributed by atoms with Crippen LogP contribution in [0.3, 0.4) is 0 Å². The maximum atomic E-state index is 8.68. The van der Waals surface area contributed by atoms with E-state index in [0.29, 0.717) is 18.9 Å². The molecule has 0 bridgehead atoms. The Morgan fingerprint density at radius 2 is 2.20 bits per heavy atom. The minimum atomic E-state index is 0.252. The standard InChI is InChI=1S/C10H13N3O2/c1-8-6-9(7-11)13-10(12-8)15-5-3-4-14-2/h6H,3-5H2,1-2H3. The molecular formula is C10H13N3O2. The predicted molar refractivity (Wildman–Crippen MR) is 53.5 cm³/mol. The molecular weight excluding hydrogens is 194 g/mol. The first-order chi connectivity index (χ1) is 7.26. The molecule has 5 nitrogen and oxygen atoms in total.